The van der Waals surface area contributed by atoms with Gasteiger partial charge in [0.1, 0.15) is 12.7 Å². The van der Waals surface area contributed by atoms with E-state index in [0.717, 1.165) is 11.4 Å². The number of hydrogen-bond acceptors (Lipinski definition) is 6. The van der Waals surface area contributed by atoms with Crippen LogP contribution in [-0.4, -0.2) is 79.1 Å². The molecule has 2 amide bonds. The van der Waals surface area contributed by atoms with Crippen LogP contribution < -0.4 is 20.9 Å². The summed E-state index contributed by atoms with van der Waals surface area (Å²) in [4.78, 5) is 29.0. The van der Waals surface area contributed by atoms with Gasteiger partial charge in [0.05, 0.1) is 13.1 Å². The van der Waals surface area contributed by atoms with E-state index in [1.54, 1.807) is 9.80 Å². The summed E-state index contributed by atoms with van der Waals surface area (Å²) in [6, 6.07) is 7.66. The van der Waals surface area contributed by atoms with Gasteiger partial charge in [-0.2, -0.15) is 0 Å². The molecule has 27 heavy (non-hydrogen) atoms. The fourth-order valence-electron chi connectivity index (χ4n) is 3.21. The molecular weight excluding hydrogens is 370 g/mol. The van der Waals surface area contributed by atoms with E-state index in [4.69, 9.17) is 27.8 Å². The third kappa shape index (κ3) is 4.58. The van der Waals surface area contributed by atoms with Gasteiger partial charge in [0, 0.05) is 37.6 Å². The molecule has 146 valence electrons. The van der Waals surface area contributed by atoms with Crippen molar-refractivity contribution in [3.63, 3.8) is 0 Å². The van der Waals surface area contributed by atoms with Crippen molar-refractivity contribution in [2.45, 2.75) is 6.10 Å². The molecule has 0 saturated carbocycles. The number of aliphatic hydroxyl groups is 1. The Morgan fingerprint density at radius 3 is 2.44 bits per heavy atom. The lowest BCUT2D eigenvalue weighted by Crippen LogP contribution is -2.49. The number of ether oxygens (including phenoxy) is 1. The molecule has 2 saturated heterocycles. The number of nitrogens with two attached hydrogens (primary N) is 1. The van der Waals surface area contributed by atoms with Crippen molar-refractivity contribution in [2.24, 2.45) is 5.73 Å². The maximum atomic E-state index is 12.1. The number of nitrogens with one attached hydrogen (secondary N) is 1. The van der Waals surface area contributed by atoms with Gasteiger partial charge in [0.2, 0.25) is 5.91 Å². The van der Waals surface area contributed by atoms with Crippen molar-refractivity contribution in [3.8, 4) is 0 Å². The normalized spacial score (nSPS) is 19.8. The summed E-state index contributed by atoms with van der Waals surface area (Å²) in [6.45, 7) is 2.91. The molecule has 2 heterocycles. The van der Waals surface area contributed by atoms with Crippen molar-refractivity contribution in [1.82, 2.24) is 10.2 Å². The number of amides is 2. The van der Waals surface area contributed by atoms with Crippen LogP contribution in [0.25, 0.3) is 0 Å². The summed E-state index contributed by atoms with van der Waals surface area (Å²) < 4.78 is 5.31. The molecule has 2 aliphatic rings. The minimum atomic E-state index is -0.450. The number of aliphatic hydroxyl groups excluding tert-OH is 1. The highest BCUT2D eigenvalue weighted by Crippen LogP contribution is 2.25. The quantitative estimate of drug-likeness (QED) is 0.574. The van der Waals surface area contributed by atoms with Gasteiger partial charge in [-0.1, -0.05) is 0 Å². The first kappa shape index (κ1) is 19.2. The van der Waals surface area contributed by atoms with Crippen molar-refractivity contribution < 1.29 is 19.4 Å². The van der Waals surface area contributed by atoms with E-state index in [9.17, 15) is 9.59 Å². The number of cyclic esters (lactones) is 1. The second-order valence-electron chi connectivity index (χ2n) is 6.40. The van der Waals surface area contributed by atoms with Crippen LogP contribution in [0.3, 0.4) is 0 Å². The van der Waals surface area contributed by atoms with Gasteiger partial charge in [0.15, 0.2) is 5.11 Å². The lowest BCUT2D eigenvalue weighted by atomic mass is 10.2. The molecular formula is C17H23N5O4S. The van der Waals surface area contributed by atoms with Gasteiger partial charge < -0.3 is 30.7 Å². The van der Waals surface area contributed by atoms with Gasteiger partial charge in [0.25, 0.3) is 0 Å². The lowest BCUT2D eigenvalue weighted by Gasteiger charge is -2.36. The SMILES string of the molecule is NC(=S)NC[C@H]1CN(c2ccc(N3CCN(C(=O)CO)CC3)cc2)C(=O)O1. The zero-order valence-electron chi connectivity index (χ0n) is 14.8. The molecule has 2 aliphatic heterocycles. The molecule has 0 aromatic heterocycles. The first-order valence-electron chi connectivity index (χ1n) is 8.73. The third-order valence-electron chi connectivity index (χ3n) is 4.67. The van der Waals surface area contributed by atoms with Gasteiger partial charge >= 0.3 is 6.09 Å². The van der Waals surface area contributed by atoms with E-state index in [1.165, 1.54) is 0 Å². The van der Waals surface area contributed by atoms with Crippen LogP contribution in [0.2, 0.25) is 0 Å². The second-order valence-corrected chi connectivity index (χ2v) is 6.84. The number of piperazine rings is 1. The average molecular weight is 393 g/mol. The topological polar surface area (TPSA) is 111 Å². The Kier molecular flexibility index (Phi) is 5.97. The zero-order chi connectivity index (χ0) is 19.4. The van der Waals surface area contributed by atoms with E-state index in [2.05, 4.69) is 10.2 Å². The van der Waals surface area contributed by atoms with Crippen molar-refractivity contribution in [1.29, 1.82) is 0 Å². The van der Waals surface area contributed by atoms with Gasteiger partial charge in [-0.25, -0.2) is 4.79 Å². The Morgan fingerprint density at radius 1 is 1.22 bits per heavy atom. The van der Waals surface area contributed by atoms with Crippen LogP contribution in [0.1, 0.15) is 0 Å². The first-order valence-corrected chi connectivity index (χ1v) is 9.14. The third-order valence-corrected chi connectivity index (χ3v) is 4.82. The molecule has 0 radical (unpaired) electrons. The smallest absolute Gasteiger partial charge is 0.414 e. The fourth-order valence-corrected chi connectivity index (χ4v) is 3.29. The van der Waals surface area contributed by atoms with E-state index in [-0.39, 0.29) is 17.1 Å². The zero-order valence-corrected chi connectivity index (χ0v) is 15.7. The average Bonchev–Trinajstić information content (AvgIpc) is 3.06. The minimum Gasteiger partial charge on any atom is -0.442 e. The summed E-state index contributed by atoms with van der Waals surface area (Å²) in [5.74, 6) is -0.239. The summed E-state index contributed by atoms with van der Waals surface area (Å²) in [7, 11) is 0. The Balaban J connectivity index is 1.57. The van der Waals surface area contributed by atoms with Gasteiger partial charge in [-0.15, -0.1) is 0 Å². The van der Waals surface area contributed by atoms with Crippen LogP contribution >= 0.6 is 12.2 Å². The summed E-state index contributed by atoms with van der Waals surface area (Å²) in [6.07, 6.45) is -0.704. The molecule has 3 rings (SSSR count). The van der Waals surface area contributed by atoms with Crippen LogP contribution in [0.4, 0.5) is 16.2 Å². The monoisotopic (exact) mass is 393 g/mol. The van der Waals surface area contributed by atoms with Gasteiger partial charge in [-0.05, 0) is 36.5 Å². The maximum absolute atomic E-state index is 12.1. The molecule has 9 nitrogen and oxygen atoms in total. The number of carbonyl (C=O) groups excluding carboxylic acids is 2. The molecule has 0 unspecified atom stereocenters. The molecule has 10 heteroatoms. The summed E-state index contributed by atoms with van der Waals surface area (Å²) in [5.41, 5.74) is 7.18. The number of nitrogens with zero attached hydrogens (tertiary/aromatic N) is 3. The lowest BCUT2D eigenvalue weighted by molar-refractivity contribution is -0.134. The van der Waals surface area contributed by atoms with Gasteiger partial charge in [-0.3, -0.25) is 9.69 Å². The number of rotatable bonds is 5. The highest BCUT2D eigenvalue weighted by molar-refractivity contribution is 7.80. The minimum absolute atomic E-state index is 0.176. The Morgan fingerprint density at radius 2 is 1.85 bits per heavy atom. The molecule has 1 atom stereocenters. The Labute approximate surface area is 162 Å². The second kappa shape index (κ2) is 8.40. The fraction of sp³-hybridized carbons (Fsp3) is 0.471. The summed E-state index contributed by atoms with van der Waals surface area (Å²) in [5, 5.41) is 11.9. The van der Waals surface area contributed by atoms with Crippen LogP contribution in [0.5, 0.6) is 0 Å². The predicted molar refractivity (Wildman–Crippen MR) is 105 cm³/mol. The number of anilines is 2. The standard InChI is InChI=1S/C17H23N5O4S/c18-16(27)19-9-14-10-22(17(25)26-14)13-3-1-12(2-4-13)20-5-7-21(8-6-20)15(24)11-23/h1-4,14,23H,5-11H2,(H3,18,19,27)/t14-/m0/s1. The van der Waals surface area contributed by atoms with Crippen molar-refractivity contribution in [3.05, 3.63) is 24.3 Å². The molecule has 4 N–H and O–H groups in total. The first-order chi connectivity index (χ1) is 13.0. The van der Waals surface area contributed by atoms with E-state index >= 15 is 0 Å². The molecule has 1 aromatic carbocycles. The number of benzene rings is 1. The van der Waals surface area contributed by atoms with Crippen molar-refractivity contribution >= 4 is 40.7 Å². The number of thiocarbonyl (C=S) groups is 1. The van der Waals surface area contributed by atoms with Crippen LogP contribution in [-0.2, 0) is 9.53 Å². The molecule has 2 fully saturated rings. The molecule has 0 bridgehead atoms. The largest absolute Gasteiger partial charge is 0.442 e. The highest BCUT2D eigenvalue weighted by atomic mass is 32.1. The molecule has 1 aromatic rings. The van der Waals surface area contributed by atoms with E-state index < -0.39 is 12.7 Å². The predicted octanol–water partition coefficient (Wildman–Crippen LogP) is -0.514. The Hall–Kier alpha value is -2.59. The molecule has 0 aliphatic carbocycles. The molecule has 0 spiro atoms. The number of carbonyl (C=O) groups is 2. The van der Waals surface area contributed by atoms with Crippen molar-refractivity contribution in [2.75, 3.05) is 55.7 Å². The van der Waals surface area contributed by atoms with Crippen LogP contribution in [0, 0.1) is 0 Å². The van der Waals surface area contributed by atoms with Crippen LogP contribution in [0.15, 0.2) is 24.3 Å². The number of hydrogen-bond donors (Lipinski definition) is 3. The highest BCUT2D eigenvalue weighted by Gasteiger charge is 2.32. The maximum Gasteiger partial charge on any atom is 0.414 e. The van der Waals surface area contributed by atoms with E-state index in [1.807, 2.05) is 24.3 Å². The summed E-state index contributed by atoms with van der Waals surface area (Å²) >= 11 is 4.76. The van der Waals surface area contributed by atoms with E-state index in [0.29, 0.717) is 39.3 Å². The Bertz CT molecular complexity index is 706.